The summed E-state index contributed by atoms with van der Waals surface area (Å²) in [5.74, 6) is 0. The first-order valence-corrected chi connectivity index (χ1v) is 5.58. The highest BCUT2D eigenvalue weighted by Gasteiger charge is 2.20. The number of hydrogen-bond donors (Lipinski definition) is 3. The summed E-state index contributed by atoms with van der Waals surface area (Å²) >= 11 is 0. The third-order valence-corrected chi connectivity index (χ3v) is 2.88. The summed E-state index contributed by atoms with van der Waals surface area (Å²) in [5, 5.41) is 23.9. The molecular formula is C12H14N4O2. The van der Waals surface area contributed by atoms with E-state index in [1.165, 1.54) is 0 Å². The lowest BCUT2D eigenvalue weighted by molar-refractivity contribution is 0.0253. The maximum Gasteiger partial charge on any atom is 0.107 e. The molecule has 0 aliphatic rings. The smallest absolute Gasteiger partial charge is 0.107 e. The van der Waals surface area contributed by atoms with Crippen molar-refractivity contribution in [2.24, 2.45) is 5.11 Å². The van der Waals surface area contributed by atoms with Crippen molar-refractivity contribution in [1.29, 1.82) is 0 Å². The fraction of sp³-hybridized carbons (Fsp3) is 0.333. The van der Waals surface area contributed by atoms with Crippen LogP contribution in [0, 0.1) is 6.92 Å². The number of nitrogens with zero attached hydrogens (tertiary/aromatic N) is 3. The first-order chi connectivity index (χ1) is 8.63. The fourth-order valence-electron chi connectivity index (χ4n) is 1.93. The fourth-order valence-corrected chi connectivity index (χ4v) is 1.93. The summed E-state index contributed by atoms with van der Waals surface area (Å²) in [6.45, 7) is 1.80. The monoisotopic (exact) mass is 246 g/mol. The number of aliphatic hydroxyl groups is 2. The zero-order valence-corrected chi connectivity index (χ0v) is 9.91. The molecule has 0 bridgehead atoms. The standard InChI is InChI=1S/C12H14N4O2/c1-7-2-3-10-8(4-7)9(5-14-10)12(18)11(17)6-15-16-13/h2-5,11-12,14,17-18H,6H2,1H3. The van der Waals surface area contributed by atoms with Gasteiger partial charge in [-0.15, -0.1) is 0 Å². The van der Waals surface area contributed by atoms with Gasteiger partial charge in [0, 0.05) is 27.6 Å². The number of rotatable bonds is 4. The van der Waals surface area contributed by atoms with Crippen molar-refractivity contribution in [1.82, 2.24) is 4.98 Å². The Morgan fingerprint density at radius 3 is 2.94 bits per heavy atom. The van der Waals surface area contributed by atoms with Gasteiger partial charge in [-0.1, -0.05) is 16.7 Å². The molecule has 0 fully saturated rings. The van der Waals surface area contributed by atoms with Crippen LogP contribution in [0.25, 0.3) is 21.3 Å². The van der Waals surface area contributed by atoms with E-state index in [9.17, 15) is 10.2 Å². The van der Waals surface area contributed by atoms with E-state index in [1.807, 2.05) is 25.1 Å². The minimum atomic E-state index is -1.11. The lowest BCUT2D eigenvalue weighted by Gasteiger charge is -2.15. The van der Waals surface area contributed by atoms with Gasteiger partial charge in [0.05, 0.1) is 12.6 Å². The van der Waals surface area contributed by atoms with Crippen molar-refractivity contribution in [2.45, 2.75) is 19.1 Å². The highest BCUT2D eigenvalue weighted by atomic mass is 16.3. The Balaban J connectivity index is 2.35. The number of aryl methyl sites for hydroxylation is 1. The molecule has 94 valence electrons. The molecule has 18 heavy (non-hydrogen) atoms. The zero-order valence-electron chi connectivity index (χ0n) is 9.91. The Bertz CT molecular complexity index is 601. The molecule has 1 heterocycles. The minimum absolute atomic E-state index is 0.157. The van der Waals surface area contributed by atoms with Crippen LogP contribution in [0.4, 0.5) is 0 Å². The molecule has 0 aliphatic heterocycles. The molecule has 0 saturated heterocycles. The molecule has 2 unspecified atom stereocenters. The number of H-pyrrole nitrogens is 1. The Labute approximate surface area is 104 Å². The van der Waals surface area contributed by atoms with Crippen LogP contribution in [-0.4, -0.2) is 27.8 Å². The van der Waals surface area contributed by atoms with Gasteiger partial charge in [0.15, 0.2) is 0 Å². The van der Waals surface area contributed by atoms with E-state index in [1.54, 1.807) is 6.20 Å². The third-order valence-electron chi connectivity index (χ3n) is 2.88. The van der Waals surface area contributed by atoms with Gasteiger partial charge in [-0.2, -0.15) is 0 Å². The molecule has 0 radical (unpaired) electrons. The van der Waals surface area contributed by atoms with Crippen molar-refractivity contribution in [3.05, 3.63) is 46.0 Å². The summed E-state index contributed by atoms with van der Waals surface area (Å²) in [5.41, 5.74) is 10.8. The van der Waals surface area contributed by atoms with Crippen LogP contribution in [0.5, 0.6) is 0 Å². The number of fused-ring (bicyclic) bond motifs is 1. The van der Waals surface area contributed by atoms with Crippen LogP contribution in [0.3, 0.4) is 0 Å². The molecule has 3 N–H and O–H groups in total. The molecule has 0 saturated carbocycles. The molecule has 2 rings (SSSR count). The largest absolute Gasteiger partial charge is 0.390 e. The predicted octanol–water partition coefficient (Wildman–Crippen LogP) is 2.18. The molecule has 1 aromatic carbocycles. The van der Waals surface area contributed by atoms with E-state index in [-0.39, 0.29) is 6.54 Å². The normalized spacial score (nSPS) is 14.2. The van der Waals surface area contributed by atoms with E-state index in [4.69, 9.17) is 5.53 Å². The topological polar surface area (TPSA) is 105 Å². The highest BCUT2D eigenvalue weighted by Crippen LogP contribution is 2.27. The average molecular weight is 246 g/mol. The van der Waals surface area contributed by atoms with E-state index in [0.29, 0.717) is 5.56 Å². The van der Waals surface area contributed by atoms with Crippen molar-refractivity contribution in [3.8, 4) is 0 Å². The van der Waals surface area contributed by atoms with Crippen molar-refractivity contribution in [2.75, 3.05) is 6.54 Å². The molecule has 1 aromatic heterocycles. The Hall–Kier alpha value is -2.01. The lowest BCUT2D eigenvalue weighted by Crippen LogP contribution is -2.20. The Morgan fingerprint density at radius 2 is 2.22 bits per heavy atom. The van der Waals surface area contributed by atoms with Crippen molar-refractivity contribution >= 4 is 10.9 Å². The van der Waals surface area contributed by atoms with Crippen LogP contribution < -0.4 is 0 Å². The van der Waals surface area contributed by atoms with Gasteiger partial charge in [-0.25, -0.2) is 0 Å². The quantitative estimate of drug-likeness (QED) is 0.437. The molecular weight excluding hydrogens is 232 g/mol. The predicted molar refractivity (Wildman–Crippen MR) is 68.0 cm³/mol. The second-order valence-electron chi connectivity index (χ2n) is 4.22. The van der Waals surface area contributed by atoms with E-state index < -0.39 is 12.2 Å². The van der Waals surface area contributed by atoms with Crippen LogP contribution in [0.15, 0.2) is 29.5 Å². The van der Waals surface area contributed by atoms with Gasteiger partial charge in [0.2, 0.25) is 0 Å². The summed E-state index contributed by atoms with van der Waals surface area (Å²) < 4.78 is 0. The SMILES string of the molecule is Cc1ccc2[nH]cc(C(O)C(O)CN=[N+]=[N-])c2c1. The summed E-state index contributed by atoms with van der Waals surface area (Å²) in [6, 6.07) is 5.82. The van der Waals surface area contributed by atoms with Crippen LogP contribution in [0.1, 0.15) is 17.2 Å². The summed E-state index contributed by atoms with van der Waals surface area (Å²) in [7, 11) is 0. The third kappa shape index (κ3) is 2.31. The number of nitrogens with one attached hydrogen (secondary N) is 1. The second kappa shape index (κ2) is 5.10. The summed E-state index contributed by atoms with van der Waals surface area (Å²) in [4.78, 5) is 5.59. The molecule has 6 nitrogen and oxygen atoms in total. The minimum Gasteiger partial charge on any atom is -0.390 e. The van der Waals surface area contributed by atoms with E-state index >= 15 is 0 Å². The van der Waals surface area contributed by atoms with Gasteiger partial charge >= 0.3 is 0 Å². The molecule has 2 aromatic rings. The van der Waals surface area contributed by atoms with Crippen LogP contribution in [-0.2, 0) is 0 Å². The first kappa shape index (κ1) is 12.4. The molecule has 2 atom stereocenters. The van der Waals surface area contributed by atoms with Crippen molar-refractivity contribution in [3.63, 3.8) is 0 Å². The average Bonchev–Trinajstić information content (AvgIpc) is 2.77. The Morgan fingerprint density at radius 1 is 1.44 bits per heavy atom. The highest BCUT2D eigenvalue weighted by molar-refractivity contribution is 5.84. The maximum absolute atomic E-state index is 10.0. The van der Waals surface area contributed by atoms with Crippen molar-refractivity contribution < 1.29 is 10.2 Å². The van der Waals surface area contributed by atoms with E-state index in [0.717, 1.165) is 16.5 Å². The van der Waals surface area contributed by atoms with Gasteiger partial charge in [-0.3, -0.25) is 0 Å². The second-order valence-corrected chi connectivity index (χ2v) is 4.22. The lowest BCUT2D eigenvalue weighted by atomic mass is 10.0. The van der Waals surface area contributed by atoms with Crippen LogP contribution >= 0.6 is 0 Å². The summed E-state index contributed by atoms with van der Waals surface area (Å²) in [6.07, 6.45) is -0.528. The van der Waals surface area contributed by atoms with E-state index in [2.05, 4.69) is 15.0 Å². The maximum atomic E-state index is 10.0. The van der Waals surface area contributed by atoms with Crippen LogP contribution in [0.2, 0.25) is 0 Å². The molecule has 0 aliphatic carbocycles. The van der Waals surface area contributed by atoms with Gasteiger partial charge in [0.1, 0.15) is 6.10 Å². The van der Waals surface area contributed by atoms with Gasteiger partial charge in [-0.05, 0) is 24.6 Å². The Kier molecular flexibility index (Phi) is 3.53. The first-order valence-electron chi connectivity index (χ1n) is 5.58. The molecule has 0 amide bonds. The number of hydrogen-bond acceptors (Lipinski definition) is 3. The number of azide groups is 1. The number of aliphatic hydroxyl groups excluding tert-OH is 2. The molecule has 0 spiro atoms. The molecule has 6 heteroatoms. The van der Waals surface area contributed by atoms with Gasteiger partial charge < -0.3 is 15.2 Å². The van der Waals surface area contributed by atoms with Gasteiger partial charge in [0.25, 0.3) is 0 Å². The zero-order chi connectivity index (χ0) is 13.1. The number of aromatic nitrogens is 1. The number of aromatic amines is 1. The number of benzene rings is 1.